The smallest absolute Gasteiger partial charge is 0.255 e. The molecule has 104 valence electrons. The zero-order valence-electron chi connectivity index (χ0n) is 10.5. The first-order valence-electron chi connectivity index (χ1n) is 5.70. The van der Waals surface area contributed by atoms with Gasteiger partial charge >= 0.3 is 0 Å². The molecule has 0 unspecified atom stereocenters. The van der Waals surface area contributed by atoms with Crippen LogP contribution in [-0.2, 0) is 0 Å². The minimum absolute atomic E-state index is 0.0472. The Morgan fingerprint density at radius 3 is 2.50 bits per heavy atom. The number of rotatable bonds is 2. The number of amides is 1. The Labute approximate surface area is 119 Å². The molecule has 0 aliphatic rings. The van der Waals surface area contributed by atoms with Crippen molar-refractivity contribution in [1.82, 2.24) is 0 Å². The number of benzene rings is 2. The molecule has 0 radical (unpaired) electrons. The van der Waals surface area contributed by atoms with Gasteiger partial charge in [0.25, 0.3) is 5.91 Å². The lowest BCUT2D eigenvalue weighted by Crippen LogP contribution is -2.13. The molecule has 0 saturated carbocycles. The van der Waals surface area contributed by atoms with E-state index >= 15 is 0 Å². The third kappa shape index (κ3) is 3.05. The van der Waals surface area contributed by atoms with Crippen LogP contribution in [0.25, 0.3) is 0 Å². The molecule has 2 aromatic rings. The molecular weight excluding hydrogens is 286 g/mol. The first kappa shape index (κ1) is 14.3. The van der Waals surface area contributed by atoms with Gasteiger partial charge in [0.05, 0.1) is 0 Å². The summed E-state index contributed by atoms with van der Waals surface area (Å²) < 4.78 is 26.7. The summed E-state index contributed by atoms with van der Waals surface area (Å²) in [4.78, 5) is 12.0. The number of carbonyl (C=O) groups is 1. The van der Waals surface area contributed by atoms with Crippen molar-refractivity contribution in [2.24, 2.45) is 0 Å². The van der Waals surface area contributed by atoms with Crippen molar-refractivity contribution < 1.29 is 13.6 Å². The number of nitrogens with two attached hydrogens (primary N) is 1. The Morgan fingerprint density at radius 1 is 1.20 bits per heavy atom. The van der Waals surface area contributed by atoms with Crippen molar-refractivity contribution >= 4 is 28.9 Å². The van der Waals surface area contributed by atoms with Gasteiger partial charge in [-0.1, -0.05) is 11.6 Å². The molecule has 6 heteroatoms. The lowest BCUT2D eigenvalue weighted by Gasteiger charge is -2.08. The number of anilines is 2. The van der Waals surface area contributed by atoms with Crippen molar-refractivity contribution in [1.29, 1.82) is 0 Å². The van der Waals surface area contributed by atoms with Gasteiger partial charge in [0, 0.05) is 27.5 Å². The second-order valence-electron chi connectivity index (χ2n) is 4.28. The van der Waals surface area contributed by atoms with Crippen LogP contribution in [0.2, 0.25) is 5.02 Å². The van der Waals surface area contributed by atoms with E-state index in [4.69, 9.17) is 17.3 Å². The van der Waals surface area contributed by atoms with Crippen LogP contribution in [0, 0.1) is 18.6 Å². The Morgan fingerprint density at radius 2 is 1.90 bits per heavy atom. The van der Waals surface area contributed by atoms with Crippen molar-refractivity contribution in [3.63, 3.8) is 0 Å². The van der Waals surface area contributed by atoms with Crippen molar-refractivity contribution in [3.05, 3.63) is 58.1 Å². The summed E-state index contributed by atoms with van der Waals surface area (Å²) >= 11 is 5.68. The number of nitrogens with one attached hydrogen (secondary N) is 1. The second-order valence-corrected chi connectivity index (χ2v) is 4.72. The third-order valence-corrected chi connectivity index (χ3v) is 2.99. The number of hydrogen-bond acceptors (Lipinski definition) is 2. The summed E-state index contributed by atoms with van der Waals surface area (Å²) in [5, 5.41) is 2.58. The van der Waals surface area contributed by atoms with E-state index in [1.807, 2.05) is 0 Å². The summed E-state index contributed by atoms with van der Waals surface area (Å²) in [6, 6.07) is 6.03. The Bertz CT molecular complexity index is 646. The number of nitrogen functional groups attached to an aromatic ring is 1. The number of halogens is 3. The highest BCUT2D eigenvalue weighted by Gasteiger charge is 2.12. The van der Waals surface area contributed by atoms with E-state index in [9.17, 15) is 13.6 Å². The normalized spacial score (nSPS) is 10.4. The fourth-order valence-corrected chi connectivity index (χ4v) is 1.88. The minimum Gasteiger partial charge on any atom is -0.398 e. The maximum Gasteiger partial charge on any atom is 0.255 e. The summed E-state index contributed by atoms with van der Waals surface area (Å²) in [6.45, 7) is 1.51. The molecule has 3 N–H and O–H groups in total. The predicted octanol–water partition coefficient (Wildman–Crippen LogP) is 3.76. The molecule has 0 heterocycles. The molecule has 1 amide bonds. The van der Waals surface area contributed by atoms with Gasteiger partial charge < -0.3 is 11.1 Å². The molecule has 0 saturated heterocycles. The quantitative estimate of drug-likeness (QED) is 0.829. The van der Waals surface area contributed by atoms with Crippen molar-refractivity contribution in [2.45, 2.75) is 6.92 Å². The molecular formula is C14H11ClF2N2O. The largest absolute Gasteiger partial charge is 0.398 e. The molecule has 0 atom stereocenters. The lowest BCUT2D eigenvalue weighted by atomic mass is 10.1. The topological polar surface area (TPSA) is 55.1 Å². The average Bonchev–Trinajstić information content (AvgIpc) is 2.33. The van der Waals surface area contributed by atoms with E-state index in [0.29, 0.717) is 0 Å². The maximum atomic E-state index is 13.5. The molecule has 0 aliphatic heterocycles. The molecule has 0 fully saturated rings. The molecule has 0 bridgehead atoms. The van der Waals surface area contributed by atoms with Crippen LogP contribution in [0.5, 0.6) is 0 Å². The summed E-state index contributed by atoms with van der Waals surface area (Å²) in [5.74, 6) is -1.76. The van der Waals surface area contributed by atoms with Gasteiger partial charge in [-0.2, -0.15) is 0 Å². The van der Waals surface area contributed by atoms with E-state index in [2.05, 4.69) is 5.32 Å². The zero-order chi connectivity index (χ0) is 14.9. The van der Waals surface area contributed by atoms with Gasteiger partial charge in [0.2, 0.25) is 0 Å². The lowest BCUT2D eigenvalue weighted by molar-refractivity contribution is 0.102. The summed E-state index contributed by atoms with van der Waals surface area (Å²) in [5.41, 5.74) is 6.27. The molecule has 0 spiro atoms. The highest BCUT2D eigenvalue weighted by atomic mass is 35.5. The Hall–Kier alpha value is -2.14. The van der Waals surface area contributed by atoms with E-state index in [1.165, 1.54) is 19.1 Å². The van der Waals surface area contributed by atoms with E-state index in [0.717, 1.165) is 18.2 Å². The monoisotopic (exact) mass is 296 g/mol. The summed E-state index contributed by atoms with van der Waals surface area (Å²) in [7, 11) is 0. The Balaban J connectivity index is 2.28. The molecule has 0 aromatic heterocycles. The van der Waals surface area contributed by atoms with Gasteiger partial charge in [-0.05, 0) is 37.3 Å². The van der Waals surface area contributed by atoms with Crippen molar-refractivity contribution in [3.8, 4) is 0 Å². The fourth-order valence-electron chi connectivity index (χ4n) is 1.66. The van der Waals surface area contributed by atoms with Crippen LogP contribution < -0.4 is 11.1 Å². The van der Waals surface area contributed by atoms with Crippen molar-refractivity contribution in [2.75, 3.05) is 11.1 Å². The van der Waals surface area contributed by atoms with Gasteiger partial charge in [-0.3, -0.25) is 4.79 Å². The van der Waals surface area contributed by atoms with Crippen LogP contribution in [0.15, 0.2) is 30.3 Å². The van der Waals surface area contributed by atoms with E-state index in [1.54, 1.807) is 0 Å². The highest BCUT2D eigenvalue weighted by Crippen LogP contribution is 2.21. The van der Waals surface area contributed by atoms with Gasteiger partial charge in [0.15, 0.2) is 0 Å². The van der Waals surface area contributed by atoms with Crippen LogP contribution in [0.3, 0.4) is 0 Å². The average molecular weight is 297 g/mol. The molecule has 2 rings (SSSR count). The van der Waals surface area contributed by atoms with E-state index in [-0.39, 0.29) is 27.5 Å². The standard InChI is InChI=1S/C14H11ClF2N2O/c1-7-12(17)2-8(3-13(7)18)14(20)19-11-5-9(15)4-10(16)6-11/h2-6H,18H2,1H3,(H,19,20). The zero-order valence-corrected chi connectivity index (χ0v) is 11.3. The third-order valence-electron chi connectivity index (χ3n) is 2.77. The van der Waals surface area contributed by atoms with E-state index < -0.39 is 17.5 Å². The van der Waals surface area contributed by atoms with Gasteiger partial charge in [0.1, 0.15) is 11.6 Å². The fraction of sp³-hybridized carbons (Fsp3) is 0.0714. The first-order valence-corrected chi connectivity index (χ1v) is 6.07. The van der Waals surface area contributed by atoms with Crippen LogP contribution >= 0.6 is 11.6 Å². The van der Waals surface area contributed by atoms with Gasteiger partial charge in [-0.15, -0.1) is 0 Å². The molecule has 20 heavy (non-hydrogen) atoms. The minimum atomic E-state index is -0.600. The molecule has 2 aromatic carbocycles. The predicted molar refractivity (Wildman–Crippen MR) is 74.9 cm³/mol. The second kappa shape index (κ2) is 5.46. The van der Waals surface area contributed by atoms with Crippen LogP contribution in [-0.4, -0.2) is 5.91 Å². The van der Waals surface area contributed by atoms with Crippen LogP contribution in [0.1, 0.15) is 15.9 Å². The number of carbonyl (C=O) groups excluding carboxylic acids is 1. The number of hydrogen-bond donors (Lipinski definition) is 2. The molecule has 0 aliphatic carbocycles. The highest BCUT2D eigenvalue weighted by molar-refractivity contribution is 6.31. The van der Waals surface area contributed by atoms with Crippen LogP contribution in [0.4, 0.5) is 20.2 Å². The first-order chi connectivity index (χ1) is 9.36. The SMILES string of the molecule is Cc1c(N)cc(C(=O)Nc2cc(F)cc(Cl)c2)cc1F. The molecule has 3 nitrogen and oxygen atoms in total. The maximum absolute atomic E-state index is 13.5. The Kier molecular flexibility index (Phi) is 3.90. The van der Waals surface area contributed by atoms with Gasteiger partial charge in [-0.25, -0.2) is 8.78 Å². The summed E-state index contributed by atoms with van der Waals surface area (Å²) in [6.07, 6.45) is 0.